The zero-order chi connectivity index (χ0) is 12.8. The Balaban J connectivity index is 2.20. The van der Waals surface area contributed by atoms with Gasteiger partial charge in [-0.25, -0.2) is 0 Å². The number of rotatable bonds is 5. The third-order valence-electron chi connectivity index (χ3n) is 3.14. The van der Waals surface area contributed by atoms with Crippen molar-refractivity contribution in [3.63, 3.8) is 0 Å². The van der Waals surface area contributed by atoms with E-state index in [0.717, 1.165) is 6.42 Å². The number of aliphatic hydroxyl groups is 1. The minimum atomic E-state index is 0.121. The molecule has 2 aromatic carbocycles. The number of hydrogen-bond donors (Lipinski definition) is 2. The minimum Gasteiger partial charge on any atom is -0.395 e. The molecule has 0 aliphatic carbocycles. The van der Waals surface area contributed by atoms with Crippen molar-refractivity contribution >= 4 is 0 Å². The molecule has 0 amide bonds. The third-order valence-corrected chi connectivity index (χ3v) is 3.14. The fraction of sp³-hybridized carbons (Fsp3) is 0.250. The molecule has 94 valence electrons. The highest BCUT2D eigenvalue weighted by Crippen LogP contribution is 2.20. The largest absolute Gasteiger partial charge is 0.395 e. The van der Waals surface area contributed by atoms with Crippen molar-refractivity contribution < 1.29 is 5.11 Å². The van der Waals surface area contributed by atoms with E-state index in [9.17, 15) is 5.11 Å². The summed E-state index contributed by atoms with van der Waals surface area (Å²) < 4.78 is 0. The Kier molecular flexibility index (Phi) is 4.51. The molecule has 1 atom stereocenters. The van der Waals surface area contributed by atoms with Crippen LogP contribution in [0.1, 0.15) is 5.56 Å². The third kappa shape index (κ3) is 3.19. The molecule has 0 bridgehead atoms. The first-order valence-electron chi connectivity index (χ1n) is 6.26. The summed E-state index contributed by atoms with van der Waals surface area (Å²) in [5.41, 5.74) is 3.69. The van der Waals surface area contributed by atoms with Crippen LogP contribution in [-0.4, -0.2) is 24.8 Å². The Labute approximate surface area is 108 Å². The molecule has 0 fully saturated rings. The van der Waals surface area contributed by atoms with Gasteiger partial charge in [0.1, 0.15) is 0 Å². The topological polar surface area (TPSA) is 32.3 Å². The summed E-state index contributed by atoms with van der Waals surface area (Å²) in [5, 5.41) is 12.3. The molecule has 0 saturated heterocycles. The highest BCUT2D eigenvalue weighted by atomic mass is 16.3. The van der Waals surface area contributed by atoms with Gasteiger partial charge in [0, 0.05) is 6.04 Å². The van der Waals surface area contributed by atoms with Crippen LogP contribution in [-0.2, 0) is 6.42 Å². The van der Waals surface area contributed by atoms with Crippen LogP contribution in [0.2, 0.25) is 0 Å². The summed E-state index contributed by atoms with van der Waals surface area (Å²) in [6.45, 7) is 0.159. The zero-order valence-electron chi connectivity index (χ0n) is 10.6. The van der Waals surface area contributed by atoms with E-state index in [1.165, 1.54) is 16.7 Å². The summed E-state index contributed by atoms with van der Waals surface area (Å²) in [4.78, 5) is 0. The van der Waals surface area contributed by atoms with E-state index in [1.807, 2.05) is 25.2 Å². The minimum absolute atomic E-state index is 0.121. The van der Waals surface area contributed by atoms with Gasteiger partial charge < -0.3 is 10.4 Å². The van der Waals surface area contributed by atoms with Crippen molar-refractivity contribution in [1.82, 2.24) is 5.32 Å². The van der Waals surface area contributed by atoms with E-state index in [-0.39, 0.29) is 12.6 Å². The molecule has 2 aromatic rings. The maximum atomic E-state index is 9.21. The van der Waals surface area contributed by atoms with Gasteiger partial charge in [0.25, 0.3) is 0 Å². The average Bonchev–Trinajstić information content (AvgIpc) is 2.46. The highest BCUT2D eigenvalue weighted by molar-refractivity contribution is 5.63. The maximum absolute atomic E-state index is 9.21. The van der Waals surface area contributed by atoms with Gasteiger partial charge in [0.05, 0.1) is 6.61 Å². The Morgan fingerprint density at radius 1 is 1.00 bits per heavy atom. The van der Waals surface area contributed by atoms with Crippen LogP contribution in [0.3, 0.4) is 0 Å². The Morgan fingerprint density at radius 2 is 1.72 bits per heavy atom. The fourth-order valence-electron chi connectivity index (χ4n) is 2.05. The van der Waals surface area contributed by atoms with Crippen molar-refractivity contribution in [2.75, 3.05) is 13.7 Å². The van der Waals surface area contributed by atoms with E-state index in [2.05, 4.69) is 41.7 Å². The van der Waals surface area contributed by atoms with E-state index < -0.39 is 0 Å². The van der Waals surface area contributed by atoms with E-state index in [1.54, 1.807) is 0 Å². The van der Waals surface area contributed by atoms with Crippen LogP contribution >= 0.6 is 0 Å². The molecule has 0 heterocycles. The quantitative estimate of drug-likeness (QED) is 0.843. The lowest BCUT2D eigenvalue weighted by atomic mass is 10.00. The first kappa shape index (κ1) is 12.8. The van der Waals surface area contributed by atoms with Gasteiger partial charge in [-0.05, 0) is 30.2 Å². The van der Waals surface area contributed by atoms with E-state index in [0.29, 0.717) is 0 Å². The van der Waals surface area contributed by atoms with Gasteiger partial charge in [0.15, 0.2) is 0 Å². The predicted molar refractivity (Wildman–Crippen MR) is 75.5 cm³/mol. The summed E-state index contributed by atoms with van der Waals surface area (Å²) >= 11 is 0. The Morgan fingerprint density at radius 3 is 2.39 bits per heavy atom. The number of benzene rings is 2. The summed E-state index contributed by atoms with van der Waals surface area (Å²) in [6.07, 6.45) is 0.841. The number of hydrogen-bond acceptors (Lipinski definition) is 2. The monoisotopic (exact) mass is 241 g/mol. The van der Waals surface area contributed by atoms with Crippen LogP contribution in [0.25, 0.3) is 11.1 Å². The molecule has 0 aromatic heterocycles. The Hall–Kier alpha value is -1.64. The molecular weight excluding hydrogens is 222 g/mol. The lowest BCUT2D eigenvalue weighted by Crippen LogP contribution is -2.31. The predicted octanol–water partition coefficient (Wildman–Crippen LogP) is 2.48. The van der Waals surface area contributed by atoms with Gasteiger partial charge in [0.2, 0.25) is 0 Å². The molecule has 2 nitrogen and oxygen atoms in total. The molecule has 2 N–H and O–H groups in total. The summed E-state index contributed by atoms with van der Waals surface area (Å²) in [7, 11) is 1.88. The second-order valence-corrected chi connectivity index (χ2v) is 4.44. The molecule has 0 spiro atoms. The van der Waals surface area contributed by atoms with E-state index in [4.69, 9.17) is 0 Å². The second-order valence-electron chi connectivity index (χ2n) is 4.44. The number of likely N-dealkylation sites (N-methyl/N-ethyl adjacent to an activating group) is 1. The van der Waals surface area contributed by atoms with E-state index >= 15 is 0 Å². The lowest BCUT2D eigenvalue weighted by molar-refractivity contribution is 0.248. The molecule has 2 rings (SSSR count). The maximum Gasteiger partial charge on any atom is 0.0587 e. The highest BCUT2D eigenvalue weighted by Gasteiger charge is 2.06. The first-order chi connectivity index (χ1) is 8.83. The van der Waals surface area contributed by atoms with Gasteiger partial charge in [-0.3, -0.25) is 0 Å². The summed E-state index contributed by atoms with van der Waals surface area (Å²) in [6, 6.07) is 18.9. The zero-order valence-corrected chi connectivity index (χ0v) is 10.6. The molecule has 0 aliphatic rings. The first-order valence-corrected chi connectivity index (χ1v) is 6.26. The van der Waals surface area contributed by atoms with Crippen molar-refractivity contribution in [1.29, 1.82) is 0 Å². The molecular formula is C16H19NO. The second kappa shape index (κ2) is 6.34. The van der Waals surface area contributed by atoms with Gasteiger partial charge in [-0.1, -0.05) is 54.6 Å². The average molecular weight is 241 g/mol. The molecule has 2 heteroatoms. The standard InChI is InChI=1S/C16H19NO/c1-17-16(12-18)11-13-6-5-9-15(10-13)14-7-3-2-4-8-14/h2-10,16-18H,11-12H2,1H3. The molecule has 1 unspecified atom stereocenters. The van der Waals surface area contributed by atoms with Crippen molar-refractivity contribution in [2.45, 2.75) is 12.5 Å². The smallest absolute Gasteiger partial charge is 0.0587 e. The van der Waals surface area contributed by atoms with Crippen molar-refractivity contribution in [2.24, 2.45) is 0 Å². The normalized spacial score (nSPS) is 12.3. The van der Waals surface area contributed by atoms with Crippen LogP contribution in [0.5, 0.6) is 0 Å². The van der Waals surface area contributed by atoms with Crippen molar-refractivity contribution in [3.8, 4) is 11.1 Å². The van der Waals surface area contributed by atoms with Crippen LogP contribution in [0, 0.1) is 0 Å². The lowest BCUT2D eigenvalue weighted by Gasteiger charge is -2.13. The van der Waals surface area contributed by atoms with Gasteiger partial charge in [-0.15, -0.1) is 0 Å². The molecule has 0 radical (unpaired) electrons. The molecule has 0 saturated carbocycles. The van der Waals surface area contributed by atoms with Crippen molar-refractivity contribution in [3.05, 3.63) is 60.2 Å². The van der Waals surface area contributed by atoms with Crippen LogP contribution in [0.15, 0.2) is 54.6 Å². The van der Waals surface area contributed by atoms with Gasteiger partial charge in [-0.2, -0.15) is 0 Å². The summed E-state index contributed by atoms with van der Waals surface area (Å²) in [5.74, 6) is 0. The van der Waals surface area contributed by atoms with Crippen LogP contribution < -0.4 is 5.32 Å². The van der Waals surface area contributed by atoms with Crippen LogP contribution in [0.4, 0.5) is 0 Å². The number of nitrogens with one attached hydrogen (secondary N) is 1. The molecule has 18 heavy (non-hydrogen) atoms. The molecule has 0 aliphatic heterocycles. The fourth-order valence-corrected chi connectivity index (χ4v) is 2.05. The Bertz CT molecular complexity index is 477. The number of aliphatic hydroxyl groups excluding tert-OH is 1. The SMILES string of the molecule is CNC(CO)Cc1cccc(-c2ccccc2)c1. The van der Waals surface area contributed by atoms with Gasteiger partial charge >= 0.3 is 0 Å².